The van der Waals surface area contributed by atoms with Crippen LogP contribution in [0.1, 0.15) is 12.5 Å². The minimum Gasteiger partial charge on any atom is -0.623 e. The third-order valence-corrected chi connectivity index (χ3v) is 1.81. The predicted molar refractivity (Wildman–Crippen MR) is 52.3 cm³/mol. The summed E-state index contributed by atoms with van der Waals surface area (Å²) < 4.78 is 0.428. The molecule has 1 aromatic rings. The summed E-state index contributed by atoms with van der Waals surface area (Å²) in [5, 5.41) is 19.8. The van der Waals surface area contributed by atoms with Crippen LogP contribution < -0.4 is 0 Å². The average molecular weight is 193 g/mol. The van der Waals surface area contributed by atoms with Crippen LogP contribution in [0.5, 0.6) is 0 Å². The maximum Gasteiger partial charge on any atom is 0.373 e. The van der Waals surface area contributed by atoms with E-state index in [0.29, 0.717) is 10.3 Å². The Morgan fingerprint density at radius 1 is 1.50 bits per heavy atom. The summed E-state index contributed by atoms with van der Waals surface area (Å²) >= 11 is 0. The predicted octanol–water partition coefficient (Wildman–Crippen LogP) is 1.09. The molecule has 0 radical (unpaired) electrons. The van der Waals surface area contributed by atoms with Crippen LogP contribution in [0.3, 0.4) is 0 Å². The Hall–Kier alpha value is -1.84. The van der Waals surface area contributed by atoms with Gasteiger partial charge in [0.1, 0.15) is 0 Å². The van der Waals surface area contributed by atoms with Gasteiger partial charge in [-0.3, -0.25) is 0 Å². The molecule has 0 bridgehead atoms. The Balaban J connectivity index is 2.84. The molecule has 1 atom stereocenters. The van der Waals surface area contributed by atoms with E-state index < -0.39 is 12.0 Å². The van der Waals surface area contributed by atoms with Crippen molar-refractivity contribution >= 4 is 12.2 Å². The van der Waals surface area contributed by atoms with Crippen molar-refractivity contribution in [2.45, 2.75) is 13.0 Å². The largest absolute Gasteiger partial charge is 0.623 e. The zero-order valence-electron chi connectivity index (χ0n) is 7.75. The number of hydrogen-bond acceptors (Lipinski definition) is 2. The van der Waals surface area contributed by atoms with Gasteiger partial charge in [0, 0.05) is 12.5 Å². The van der Waals surface area contributed by atoms with Crippen LogP contribution in [0, 0.1) is 5.21 Å². The van der Waals surface area contributed by atoms with E-state index in [1.807, 2.05) is 6.07 Å². The van der Waals surface area contributed by atoms with E-state index in [2.05, 4.69) is 0 Å². The summed E-state index contributed by atoms with van der Waals surface area (Å²) in [6.07, 6.45) is 1.26. The van der Waals surface area contributed by atoms with Gasteiger partial charge in [0.2, 0.25) is 0 Å². The topological polar surface area (TPSA) is 63.4 Å². The van der Waals surface area contributed by atoms with Gasteiger partial charge in [-0.05, 0) is 12.1 Å². The Labute approximate surface area is 81.7 Å². The Morgan fingerprint density at radius 3 is 2.57 bits per heavy atom. The second-order valence-electron chi connectivity index (χ2n) is 2.91. The lowest BCUT2D eigenvalue weighted by atomic mass is 10.2. The molecular weight excluding hydrogens is 182 g/mol. The number of carboxylic acids is 1. The van der Waals surface area contributed by atoms with E-state index in [1.54, 1.807) is 24.3 Å². The van der Waals surface area contributed by atoms with Gasteiger partial charge in [-0.25, -0.2) is 4.79 Å². The fraction of sp³-hybridized carbons (Fsp3) is 0.200. The molecule has 4 heteroatoms. The van der Waals surface area contributed by atoms with E-state index in [1.165, 1.54) is 13.1 Å². The van der Waals surface area contributed by atoms with Gasteiger partial charge in [-0.15, -0.1) is 0 Å². The molecule has 1 rings (SSSR count). The van der Waals surface area contributed by atoms with Crippen LogP contribution in [-0.4, -0.2) is 28.1 Å². The van der Waals surface area contributed by atoms with E-state index in [4.69, 9.17) is 5.11 Å². The minimum absolute atomic E-state index is 0.428. The molecule has 0 aliphatic rings. The third-order valence-electron chi connectivity index (χ3n) is 1.81. The number of rotatable bonds is 3. The number of hydroxylamine groups is 1. The maximum absolute atomic E-state index is 11.2. The van der Waals surface area contributed by atoms with Gasteiger partial charge >= 0.3 is 5.97 Å². The minimum atomic E-state index is -1.13. The fourth-order valence-electron chi connectivity index (χ4n) is 0.907. The van der Waals surface area contributed by atoms with Crippen molar-refractivity contribution in [1.29, 1.82) is 0 Å². The number of nitrogens with zero attached hydrogens (tertiary/aromatic N) is 1. The first kappa shape index (κ1) is 10.2. The van der Waals surface area contributed by atoms with Crippen LogP contribution in [0.25, 0.3) is 0 Å². The zero-order valence-corrected chi connectivity index (χ0v) is 7.75. The Morgan fingerprint density at radius 2 is 2.07 bits per heavy atom. The highest BCUT2D eigenvalue weighted by Gasteiger charge is 2.17. The molecule has 0 heterocycles. The molecule has 0 aliphatic carbocycles. The molecular formula is C10H11NO3. The molecule has 0 amide bonds. The normalized spacial score (nSPS) is 13.6. The van der Waals surface area contributed by atoms with Crippen LogP contribution in [0.15, 0.2) is 30.3 Å². The first-order chi connectivity index (χ1) is 6.61. The fourth-order valence-corrected chi connectivity index (χ4v) is 0.907. The van der Waals surface area contributed by atoms with E-state index in [-0.39, 0.29) is 0 Å². The van der Waals surface area contributed by atoms with Crippen LogP contribution >= 0.6 is 0 Å². The first-order valence-electron chi connectivity index (χ1n) is 4.19. The first-order valence-corrected chi connectivity index (χ1v) is 4.19. The van der Waals surface area contributed by atoms with Gasteiger partial charge in [0.15, 0.2) is 6.21 Å². The zero-order chi connectivity index (χ0) is 10.6. The summed E-state index contributed by atoms with van der Waals surface area (Å²) in [7, 11) is 0. The van der Waals surface area contributed by atoms with Gasteiger partial charge in [0.25, 0.3) is 6.04 Å². The second-order valence-corrected chi connectivity index (χ2v) is 2.91. The Bertz CT molecular complexity index is 346. The molecule has 1 N–H and O–H groups in total. The van der Waals surface area contributed by atoms with Crippen molar-refractivity contribution < 1.29 is 14.6 Å². The number of benzene rings is 1. The lowest BCUT2D eigenvalue weighted by molar-refractivity contribution is -0.479. The third kappa shape index (κ3) is 2.58. The van der Waals surface area contributed by atoms with E-state index in [9.17, 15) is 10.0 Å². The highest BCUT2D eigenvalue weighted by molar-refractivity contribution is 5.77. The van der Waals surface area contributed by atoms with Crippen molar-refractivity contribution in [2.24, 2.45) is 0 Å². The standard InChI is InChI=1S/C10H11NO3/c1-8(10(12)13)11(14)7-9-5-3-2-4-6-9/h2-8H,1H3,(H,12,13)/t8-/m0/s1. The van der Waals surface area contributed by atoms with E-state index >= 15 is 0 Å². The number of carboxylic acid groups (broad SMARTS) is 1. The summed E-state index contributed by atoms with van der Waals surface area (Å²) in [5.41, 5.74) is 0.690. The quantitative estimate of drug-likeness (QED) is 0.338. The molecule has 0 unspecified atom stereocenters. The number of carbonyl (C=O) groups is 1. The van der Waals surface area contributed by atoms with Crippen molar-refractivity contribution in [1.82, 2.24) is 0 Å². The lowest BCUT2D eigenvalue weighted by Crippen LogP contribution is -2.28. The van der Waals surface area contributed by atoms with Gasteiger partial charge in [0.05, 0.1) is 0 Å². The molecule has 0 aliphatic heterocycles. The smallest absolute Gasteiger partial charge is 0.373 e. The monoisotopic (exact) mass is 193 g/mol. The summed E-state index contributed by atoms with van der Waals surface area (Å²) in [6.45, 7) is 1.34. The molecule has 14 heavy (non-hydrogen) atoms. The van der Waals surface area contributed by atoms with Gasteiger partial charge in [-0.1, -0.05) is 18.2 Å². The molecule has 74 valence electrons. The molecule has 0 fully saturated rings. The Kier molecular flexibility index (Phi) is 3.23. The molecule has 1 aromatic carbocycles. The number of aliphatic carboxylic acids is 1. The molecule has 0 saturated heterocycles. The average Bonchev–Trinajstić information content (AvgIpc) is 2.18. The van der Waals surface area contributed by atoms with Gasteiger partial charge < -0.3 is 10.3 Å². The molecule has 4 nitrogen and oxygen atoms in total. The molecule has 0 saturated carbocycles. The van der Waals surface area contributed by atoms with Crippen molar-refractivity contribution in [3.05, 3.63) is 41.1 Å². The second kappa shape index (κ2) is 4.41. The summed E-state index contributed by atoms with van der Waals surface area (Å²) in [4.78, 5) is 10.5. The molecule has 0 spiro atoms. The van der Waals surface area contributed by atoms with Crippen molar-refractivity contribution in [3.8, 4) is 0 Å². The summed E-state index contributed by atoms with van der Waals surface area (Å²) in [5.74, 6) is -1.13. The van der Waals surface area contributed by atoms with Crippen LogP contribution in [0.2, 0.25) is 0 Å². The maximum atomic E-state index is 11.2. The summed E-state index contributed by atoms with van der Waals surface area (Å²) in [6, 6.07) is 7.80. The number of hydrogen-bond donors (Lipinski definition) is 1. The highest BCUT2D eigenvalue weighted by atomic mass is 16.5. The lowest BCUT2D eigenvalue weighted by Gasteiger charge is -2.07. The van der Waals surface area contributed by atoms with E-state index in [0.717, 1.165) is 0 Å². The molecule has 0 aromatic heterocycles. The van der Waals surface area contributed by atoms with Crippen LogP contribution in [0.4, 0.5) is 0 Å². The highest BCUT2D eigenvalue weighted by Crippen LogP contribution is 1.96. The van der Waals surface area contributed by atoms with Gasteiger partial charge in [-0.2, -0.15) is 4.74 Å². The SMILES string of the molecule is C[C@@H](C(=O)O)[N+]([O-])=Cc1ccccc1. The van der Waals surface area contributed by atoms with Crippen molar-refractivity contribution in [3.63, 3.8) is 0 Å². The van der Waals surface area contributed by atoms with Crippen LogP contribution in [-0.2, 0) is 4.79 Å². The van der Waals surface area contributed by atoms with Crippen molar-refractivity contribution in [2.75, 3.05) is 0 Å².